The van der Waals surface area contributed by atoms with Crippen LogP contribution >= 0.6 is 0 Å². The van der Waals surface area contributed by atoms with E-state index in [0.717, 1.165) is 12.3 Å². The van der Waals surface area contributed by atoms with Gasteiger partial charge in [-0.25, -0.2) is 8.42 Å². The molecule has 14 nitrogen and oxygen atoms in total. The van der Waals surface area contributed by atoms with Crippen molar-refractivity contribution in [2.75, 3.05) is 23.4 Å². The fourth-order valence-corrected chi connectivity index (χ4v) is 7.44. The second kappa shape index (κ2) is 12.3. The number of hydrogen-bond donors (Lipinski definition) is 4. The summed E-state index contributed by atoms with van der Waals surface area (Å²) in [7, 11) is -6.79. The van der Waals surface area contributed by atoms with Crippen molar-refractivity contribution in [1.82, 2.24) is 5.32 Å². The summed E-state index contributed by atoms with van der Waals surface area (Å²) in [6.45, 7) is 5.93. The summed E-state index contributed by atoms with van der Waals surface area (Å²) >= 11 is 0. The lowest BCUT2D eigenvalue weighted by Crippen LogP contribution is -2.54. The number of rotatable bonds is 10. The number of ketones is 1. The van der Waals surface area contributed by atoms with Crippen LogP contribution in [0.2, 0.25) is 0 Å². The molecular weight excluding hydrogens is 663 g/mol. The van der Waals surface area contributed by atoms with Gasteiger partial charge in [0.15, 0.2) is 11.6 Å². The second-order valence-corrected chi connectivity index (χ2v) is 16.1. The van der Waals surface area contributed by atoms with Crippen molar-refractivity contribution < 1.29 is 36.4 Å². The number of sulfonamides is 2. The Morgan fingerprint density at radius 1 is 1.10 bits per heavy atom. The van der Waals surface area contributed by atoms with Gasteiger partial charge in [-0.3, -0.25) is 24.9 Å². The normalized spacial score (nSPS) is 18.7. The molecule has 4 N–H and O–H groups in total. The topological polar surface area (TPSA) is 206 Å². The van der Waals surface area contributed by atoms with Gasteiger partial charge in [-0.15, -0.1) is 4.40 Å². The minimum atomic E-state index is -4.50. The van der Waals surface area contributed by atoms with E-state index in [9.17, 15) is 36.9 Å². The third-order valence-electron chi connectivity index (χ3n) is 8.06. The maximum absolute atomic E-state index is 14.9. The maximum Gasteiger partial charge on any atom is 0.286 e. The molecule has 3 aromatic rings. The number of methoxy groups -OCH3 is 1. The molecule has 16 heteroatoms. The predicted octanol–water partition coefficient (Wildman–Crippen LogP) is 4.85. The van der Waals surface area contributed by atoms with Crippen molar-refractivity contribution in [2.45, 2.75) is 50.6 Å². The molecule has 254 valence electrons. The number of anilines is 2. The Balaban J connectivity index is 1.66. The quantitative estimate of drug-likeness (QED) is 0.166. The van der Waals surface area contributed by atoms with Crippen LogP contribution in [-0.2, 0) is 36.9 Å². The molecule has 1 atom stereocenters. The maximum atomic E-state index is 14.9. The van der Waals surface area contributed by atoms with Crippen LogP contribution in [0.3, 0.4) is 0 Å². The van der Waals surface area contributed by atoms with Crippen molar-refractivity contribution in [3.8, 4) is 5.75 Å². The number of benzene rings is 3. The molecule has 0 spiro atoms. The molecule has 2 aliphatic rings. The summed E-state index contributed by atoms with van der Waals surface area (Å²) in [5, 5.41) is 29.4. The van der Waals surface area contributed by atoms with Crippen molar-refractivity contribution in [3.05, 3.63) is 93.0 Å². The molecule has 48 heavy (non-hydrogen) atoms. The highest BCUT2D eigenvalue weighted by Gasteiger charge is 2.50. The van der Waals surface area contributed by atoms with Crippen LogP contribution in [-0.4, -0.2) is 51.8 Å². The number of aliphatic hydroxyl groups is 1. The lowest BCUT2D eigenvalue weighted by atomic mass is 9.69. The highest BCUT2D eigenvalue weighted by Crippen LogP contribution is 2.45. The number of nitro groups is 1. The average Bonchev–Trinajstić information content (AvgIpc) is 2.99. The number of carbonyl (C=O) groups is 1. The minimum absolute atomic E-state index is 0.00742. The van der Waals surface area contributed by atoms with Crippen molar-refractivity contribution in [1.29, 1.82) is 0 Å². The number of aliphatic hydroxyl groups excluding tert-OH is 1. The third kappa shape index (κ3) is 6.77. The predicted molar refractivity (Wildman–Crippen MR) is 181 cm³/mol. The zero-order valence-corrected chi connectivity index (χ0v) is 28.5. The van der Waals surface area contributed by atoms with Gasteiger partial charge in [0.2, 0.25) is 10.0 Å². The Labute approximate surface area is 278 Å². The first-order valence-corrected chi connectivity index (χ1v) is 18.1. The van der Waals surface area contributed by atoms with E-state index in [1.54, 1.807) is 24.3 Å². The van der Waals surface area contributed by atoms with Crippen LogP contribution in [0.1, 0.15) is 50.3 Å². The molecular formula is C32H35N5O9S2. The molecule has 0 amide bonds. The van der Waals surface area contributed by atoms with Crippen LogP contribution < -0.4 is 20.1 Å². The van der Waals surface area contributed by atoms with E-state index in [1.807, 2.05) is 20.8 Å². The highest BCUT2D eigenvalue weighted by atomic mass is 32.2. The number of ether oxygens (including phenoxy) is 1. The summed E-state index contributed by atoms with van der Waals surface area (Å²) in [5.74, 6) is -1.23. The number of non-ortho nitro benzene ring substituents is 1. The molecule has 5 rings (SSSR count). The zero-order valence-electron chi connectivity index (χ0n) is 26.8. The molecule has 0 radical (unpaired) electrons. The number of fused-ring (bicyclic) bond motifs is 2. The Morgan fingerprint density at radius 2 is 1.81 bits per heavy atom. The number of amidine groups is 1. The molecule has 0 aromatic heterocycles. The van der Waals surface area contributed by atoms with Crippen LogP contribution in [0.15, 0.2) is 75.5 Å². The van der Waals surface area contributed by atoms with Gasteiger partial charge in [0, 0.05) is 35.5 Å². The Kier molecular flexibility index (Phi) is 8.88. The first-order chi connectivity index (χ1) is 22.3. The third-order valence-corrected chi connectivity index (χ3v) is 9.99. The Bertz CT molecular complexity index is 2120. The van der Waals surface area contributed by atoms with E-state index in [-0.39, 0.29) is 51.5 Å². The number of nitrogens with one attached hydrogen (secondary N) is 3. The fraction of sp³-hybridized carbons (Fsp3) is 0.312. The molecule has 1 aliphatic heterocycles. The van der Waals surface area contributed by atoms with E-state index in [4.69, 9.17) is 4.74 Å². The van der Waals surface area contributed by atoms with Gasteiger partial charge in [-0.1, -0.05) is 45.0 Å². The zero-order chi connectivity index (χ0) is 35.2. The lowest BCUT2D eigenvalue weighted by molar-refractivity contribution is -0.384. The summed E-state index contributed by atoms with van der Waals surface area (Å²) in [4.78, 5) is 25.6. The van der Waals surface area contributed by atoms with Crippen LogP contribution in [0, 0.1) is 15.5 Å². The molecule has 0 saturated carbocycles. The number of nitro benzene ring substituents is 1. The van der Waals surface area contributed by atoms with E-state index in [0.29, 0.717) is 23.3 Å². The van der Waals surface area contributed by atoms with E-state index < -0.39 is 47.9 Å². The van der Waals surface area contributed by atoms with Crippen molar-refractivity contribution >= 4 is 54.5 Å². The molecule has 0 bridgehead atoms. The monoisotopic (exact) mass is 697 g/mol. The van der Waals surface area contributed by atoms with Crippen molar-refractivity contribution in [2.24, 2.45) is 9.81 Å². The molecule has 1 unspecified atom stereocenters. The number of carbonyl (C=O) groups excluding carboxylic acids is 1. The summed E-state index contributed by atoms with van der Waals surface area (Å²) in [6.07, 6.45) is 1.61. The summed E-state index contributed by atoms with van der Waals surface area (Å²) in [5.41, 5.74) is -1.28. The Morgan fingerprint density at radius 3 is 2.46 bits per heavy atom. The van der Waals surface area contributed by atoms with Gasteiger partial charge in [-0.05, 0) is 48.1 Å². The molecule has 1 heterocycles. The fourth-order valence-electron chi connectivity index (χ4n) is 5.74. The molecule has 0 fully saturated rings. The van der Waals surface area contributed by atoms with Gasteiger partial charge in [0.1, 0.15) is 27.5 Å². The smallest absolute Gasteiger partial charge is 0.286 e. The standard InChI is InChI=1S/C32H35N5O9S2/c1-31(2,3)14-15-32(33-18-19-16-21(37(40)41)11-13-25(19)46-4)23-9-7-6-8-22(23)28(38)27(29(32)39)30-34-24-12-10-20(35-47(5,42)43)17-26(24)48(44,45)36-30/h6-13,16-17,33,35,38H,14-15,18H2,1-5H3,(H,34,36). The largest absolute Gasteiger partial charge is 0.506 e. The number of nitrogens with zero attached hydrogens (tertiary/aromatic N) is 2. The number of hydrogen-bond acceptors (Lipinski definition) is 11. The minimum Gasteiger partial charge on any atom is -0.506 e. The van der Waals surface area contributed by atoms with Gasteiger partial charge in [0.25, 0.3) is 15.7 Å². The molecule has 0 saturated heterocycles. The summed E-state index contributed by atoms with van der Waals surface area (Å²) < 4.78 is 62.0. The first-order valence-electron chi connectivity index (χ1n) is 14.7. The molecule has 3 aromatic carbocycles. The van der Waals surface area contributed by atoms with Crippen LogP contribution in [0.25, 0.3) is 5.76 Å². The van der Waals surface area contributed by atoms with Gasteiger partial charge in [0.05, 0.1) is 24.0 Å². The second-order valence-electron chi connectivity index (χ2n) is 12.8. The molecule has 1 aliphatic carbocycles. The SMILES string of the molecule is COc1ccc([N+](=O)[O-])cc1CNC1(CCC(C)(C)C)C(=O)C(C2=NS(=O)(=O)c3cc(NS(C)(=O)=O)ccc3N2)=C(O)c2ccccc21. The summed E-state index contributed by atoms with van der Waals surface area (Å²) in [6, 6.07) is 14.6. The van der Waals surface area contributed by atoms with Crippen LogP contribution in [0.5, 0.6) is 5.75 Å². The highest BCUT2D eigenvalue weighted by molar-refractivity contribution is 7.92. The van der Waals surface area contributed by atoms with Crippen LogP contribution in [0.4, 0.5) is 17.1 Å². The first kappa shape index (κ1) is 34.5. The lowest BCUT2D eigenvalue weighted by Gasteiger charge is -2.41. The average molecular weight is 698 g/mol. The van der Waals surface area contributed by atoms with Crippen molar-refractivity contribution in [3.63, 3.8) is 0 Å². The van der Waals surface area contributed by atoms with Gasteiger partial charge < -0.3 is 15.2 Å². The van der Waals surface area contributed by atoms with E-state index in [2.05, 4.69) is 19.8 Å². The van der Waals surface area contributed by atoms with E-state index >= 15 is 0 Å². The number of Topliss-reactive ketones (excluding diaryl/α,β-unsaturated/α-hetero) is 1. The Hall–Kier alpha value is -4.80. The van der Waals surface area contributed by atoms with Gasteiger partial charge in [-0.2, -0.15) is 8.42 Å². The van der Waals surface area contributed by atoms with Gasteiger partial charge >= 0.3 is 0 Å². The van der Waals surface area contributed by atoms with E-state index in [1.165, 1.54) is 37.4 Å².